The minimum absolute atomic E-state index is 0.0688. The highest BCUT2D eigenvalue weighted by Gasteiger charge is 2.68. The Balaban J connectivity index is 1.10. The summed E-state index contributed by atoms with van der Waals surface area (Å²) in [7, 11) is 1.26. The second-order valence-electron chi connectivity index (χ2n) is 11.4. The normalized spacial score (nSPS) is 46.3. The Labute approximate surface area is 248 Å². The van der Waals surface area contributed by atoms with Gasteiger partial charge in [0.15, 0.2) is 0 Å². The van der Waals surface area contributed by atoms with Crippen molar-refractivity contribution in [1.29, 1.82) is 0 Å². The zero-order chi connectivity index (χ0) is 26.5. The van der Waals surface area contributed by atoms with Gasteiger partial charge >= 0.3 is 5.97 Å². The third-order valence-electron chi connectivity index (χ3n) is 9.99. The number of alkyl halides is 4. The molecule has 12 heteroatoms. The fourth-order valence-corrected chi connectivity index (χ4v) is 12.2. The Kier molecular flexibility index (Phi) is 7.01. The van der Waals surface area contributed by atoms with Crippen molar-refractivity contribution in [2.45, 2.75) is 57.5 Å². The summed E-state index contributed by atoms with van der Waals surface area (Å²) in [5.41, 5.74) is 0. The van der Waals surface area contributed by atoms with Gasteiger partial charge in [-0.15, -0.1) is 0 Å². The molecule has 2 saturated heterocycles. The molecule has 6 fully saturated rings. The first-order valence-electron chi connectivity index (χ1n) is 13.0. The number of esters is 1. The number of hydrogen-bond donors (Lipinski definition) is 0. The predicted molar refractivity (Wildman–Crippen MR) is 146 cm³/mol. The Morgan fingerprint density at radius 1 is 0.757 bits per heavy atom. The Hall–Kier alpha value is -0.330. The molecule has 202 valence electrons. The number of nitrogens with zero attached hydrogens (tertiary/aromatic N) is 2. The third kappa shape index (κ3) is 3.69. The van der Waals surface area contributed by atoms with Crippen molar-refractivity contribution >= 4 is 93.3 Å². The quantitative estimate of drug-likeness (QED) is 0.171. The highest BCUT2D eigenvalue weighted by Crippen LogP contribution is 2.61. The summed E-state index contributed by atoms with van der Waals surface area (Å²) in [6, 6.07) is -0.985. The van der Waals surface area contributed by atoms with E-state index in [9.17, 15) is 24.0 Å². The van der Waals surface area contributed by atoms with Crippen molar-refractivity contribution in [2.24, 2.45) is 47.3 Å². The van der Waals surface area contributed by atoms with E-state index in [1.165, 1.54) is 12.0 Å². The van der Waals surface area contributed by atoms with E-state index in [4.69, 9.17) is 4.74 Å². The van der Waals surface area contributed by atoms with E-state index in [2.05, 4.69) is 63.7 Å². The summed E-state index contributed by atoms with van der Waals surface area (Å²) in [4.78, 5) is 69.0. The lowest BCUT2D eigenvalue weighted by atomic mass is 9.81. The second kappa shape index (κ2) is 9.65. The highest BCUT2D eigenvalue weighted by molar-refractivity contribution is 9.12. The van der Waals surface area contributed by atoms with Crippen molar-refractivity contribution in [3.63, 3.8) is 0 Å². The maximum absolute atomic E-state index is 13.4. The Bertz CT molecular complexity index is 1010. The highest BCUT2D eigenvalue weighted by atomic mass is 79.9. The summed E-state index contributed by atoms with van der Waals surface area (Å²) < 4.78 is 4.99. The van der Waals surface area contributed by atoms with Crippen LogP contribution in [0.2, 0.25) is 0 Å². The van der Waals surface area contributed by atoms with Crippen LogP contribution in [-0.2, 0) is 28.7 Å². The van der Waals surface area contributed by atoms with Gasteiger partial charge in [-0.05, 0) is 55.8 Å². The van der Waals surface area contributed by atoms with E-state index in [0.717, 1.165) is 17.7 Å². The van der Waals surface area contributed by atoms with Crippen LogP contribution in [0.3, 0.4) is 0 Å². The van der Waals surface area contributed by atoms with Crippen LogP contribution in [0.5, 0.6) is 0 Å². The molecule has 0 N–H and O–H groups in total. The number of fused-ring (bicyclic) bond motifs is 10. The second-order valence-corrected chi connectivity index (χ2v) is 15.6. The number of hydrogen-bond acceptors (Lipinski definition) is 6. The average molecular weight is 772 g/mol. The molecular weight excluding hydrogens is 744 g/mol. The van der Waals surface area contributed by atoms with Gasteiger partial charge in [-0.2, -0.15) is 0 Å². The smallest absolute Gasteiger partial charge is 0.329 e. The molecule has 2 aliphatic heterocycles. The van der Waals surface area contributed by atoms with Gasteiger partial charge in [-0.25, -0.2) is 4.79 Å². The van der Waals surface area contributed by atoms with Crippen LogP contribution in [-0.4, -0.2) is 78.4 Å². The maximum Gasteiger partial charge on any atom is 0.329 e. The molecule has 4 saturated carbocycles. The minimum atomic E-state index is -0.985. The lowest BCUT2D eigenvalue weighted by molar-refractivity contribution is -0.157. The van der Waals surface area contributed by atoms with Gasteiger partial charge in [-0.1, -0.05) is 63.7 Å². The molecule has 0 aromatic carbocycles. The number of rotatable bonds is 7. The number of halogens is 4. The number of amides is 4. The third-order valence-corrected chi connectivity index (χ3v) is 16.4. The molecule has 2 heterocycles. The molecule has 0 spiro atoms. The standard InChI is InChI=1S/C25H28Br4N2O6/c1-37-25(36)12(31-23(34)15-10-7-11(16(15)24(31)35)20(29)19(10)28)4-2-3-5-30-21(32)13-8-6-9(14(13)22(30)33)18(27)17(8)26/h8-20H,2-7H2,1H3. The largest absolute Gasteiger partial charge is 0.467 e. The first-order valence-corrected chi connectivity index (χ1v) is 16.6. The number of carbonyl (C=O) groups is 5. The van der Waals surface area contributed by atoms with E-state index >= 15 is 0 Å². The van der Waals surface area contributed by atoms with E-state index in [1.54, 1.807) is 0 Å². The van der Waals surface area contributed by atoms with Gasteiger partial charge in [0.05, 0.1) is 30.8 Å². The predicted octanol–water partition coefficient (Wildman–Crippen LogP) is 3.25. The van der Waals surface area contributed by atoms with Crippen molar-refractivity contribution in [1.82, 2.24) is 9.80 Å². The summed E-state index contributed by atoms with van der Waals surface area (Å²) >= 11 is 14.8. The van der Waals surface area contributed by atoms with E-state index in [1.807, 2.05) is 0 Å². The van der Waals surface area contributed by atoms with E-state index in [0.29, 0.717) is 12.8 Å². The summed E-state index contributed by atoms with van der Waals surface area (Å²) in [6.45, 7) is 0.283. The Morgan fingerprint density at radius 3 is 1.57 bits per heavy atom. The number of ether oxygens (including phenoxy) is 1. The number of unbranched alkanes of at least 4 members (excludes halogenated alkanes) is 1. The molecule has 37 heavy (non-hydrogen) atoms. The van der Waals surface area contributed by atoms with Crippen LogP contribution < -0.4 is 0 Å². The fourth-order valence-electron chi connectivity index (χ4n) is 8.41. The van der Waals surface area contributed by atoms with Gasteiger partial charge in [0.1, 0.15) is 6.04 Å². The first kappa shape index (κ1) is 26.9. The molecule has 4 aliphatic carbocycles. The fraction of sp³-hybridized carbons (Fsp3) is 0.800. The summed E-state index contributed by atoms with van der Waals surface area (Å²) in [5.74, 6) is -2.13. The maximum atomic E-state index is 13.4. The summed E-state index contributed by atoms with van der Waals surface area (Å²) in [6.07, 6.45) is 2.93. The van der Waals surface area contributed by atoms with Crippen LogP contribution in [0.1, 0.15) is 32.1 Å². The van der Waals surface area contributed by atoms with Crippen molar-refractivity contribution < 1.29 is 28.7 Å². The van der Waals surface area contributed by atoms with Crippen LogP contribution in [0, 0.1) is 47.3 Å². The van der Waals surface area contributed by atoms with Crippen molar-refractivity contribution in [2.75, 3.05) is 13.7 Å². The van der Waals surface area contributed by atoms with Gasteiger partial charge < -0.3 is 4.74 Å². The molecule has 13 atom stereocenters. The lowest BCUT2D eigenvalue weighted by Crippen LogP contribution is -2.47. The lowest BCUT2D eigenvalue weighted by Gasteiger charge is -2.28. The SMILES string of the molecule is COC(=O)C(CCCCN1C(=O)C2C3CC(C(Br)C3Br)C2C1=O)N1C(=O)C2C3CC(C(Br)C3Br)C2C1=O. The number of carbonyl (C=O) groups excluding carboxylic acids is 5. The minimum Gasteiger partial charge on any atom is -0.467 e. The topological polar surface area (TPSA) is 101 Å². The molecule has 8 nitrogen and oxygen atoms in total. The molecule has 6 rings (SSSR count). The molecule has 4 amide bonds. The first-order chi connectivity index (χ1) is 17.6. The van der Waals surface area contributed by atoms with E-state index in [-0.39, 0.29) is 91.4 Å². The van der Waals surface area contributed by atoms with Gasteiger partial charge in [0.2, 0.25) is 23.6 Å². The van der Waals surface area contributed by atoms with Gasteiger partial charge in [-0.3, -0.25) is 29.0 Å². The van der Waals surface area contributed by atoms with Crippen molar-refractivity contribution in [3.05, 3.63) is 0 Å². The molecule has 4 bridgehead atoms. The number of methoxy groups -OCH3 is 1. The van der Waals surface area contributed by atoms with Crippen LogP contribution in [0.25, 0.3) is 0 Å². The van der Waals surface area contributed by atoms with Crippen LogP contribution in [0.4, 0.5) is 0 Å². The van der Waals surface area contributed by atoms with E-state index < -0.39 is 23.8 Å². The summed E-state index contributed by atoms with van der Waals surface area (Å²) in [5, 5.41) is 0. The molecule has 0 aromatic heterocycles. The molecule has 13 unspecified atom stereocenters. The number of likely N-dealkylation sites (tertiary alicyclic amines) is 2. The molecule has 0 radical (unpaired) electrons. The Morgan fingerprint density at radius 2 is 1.16 bits per heavy atom. The van der Waals surface area contributed by atoms with Crippen LogP contribution >= 0.6 is 63.7 Å². The zero-order valence-corrected chi connectivity index (χ0v) is 26.4. The average Bonchev–Trinajstić information content (AvgIpc) is 3.68. The van der Waals surface area contributed by atoms with Crippen molar-refractivity contribution in [3.8, 4) is 0 Å². The van der Waals surface area contributed by atoms with Gasteiger partial charge in [0.25, 0.3) is 0 Å². The van der Waals surface area contributed by atoms with Crippen LogP contribution in [0.15, 0.2) is 0 Å². The zero-order valence-electron chi connectivity index (χ0n) is 20.1. The molecule has 0 aromatic rings. The molecular formula is C25H28Br4N2O6. The monoisotopic (exact) mass is 768 g/mol. The molecule has 6 aliphatic rings. The van der Waals surface area contributed by atoms with Gasteiger partial charge in [0, 0.05) is 25.9 Å². The number of imide groups is 2.